The molecule has 0 saturated heterocycles. The molecule has 3 N–H and O–H groups in total. The van der Waals surface area contributed by atoms with E-state index in [0.29, 0.717) is 86.4 Å². The van der Waals surface area contributed by atoms with Gasteiger partial charge >= 0.3 is 5.97 Å². The minimum Gasteiger partial charge on any atom is -0.462 e. The summed E-state index contributed by atoms with van der Waals surface area (Å²) in [5.74, 6) is 3.74. The molecule has 0 amide bonds. The molecule has 12 aromatic rings. The molecule has 0 aliphatic carbocycles. The van der Waals surface area contributed by atoms with Crippen molar-refractivity contribution in [3.63, 3.8) is 0 Å². The van der Waals surface area contributed by atoms with Gasteiger partial charge in [0.25, 0.3) is 0 Å². The first kappa shape index (κ1) is 54.4. The monoisotopic (exact) mass is 1140 g/mol. The summed E-state index contributed by atoms with van der Waals surface area (Å²) in [7, 11) is 0. The van der Waals surface area contributed by atoms with Gasteiger partial charge in [-0.15, -0.1) is 0 Å². The molecule has 0 fully saturated rings. The number of fused-ring (bicyclic) bond motifs is 2. The average Bonchev–Trinajstić information content (AvgIpc) is 4.56. The zero-order valence-electron chi connectivity index (χ0n) is 45.6. The van der Waals surface area contributed by atoms with E-state index in [-0.39, 0.29) is 25.4 Å². The second kappa shape index (κ2) is 24.5. The van der Waals surface area contributed by atoms with Gasteiger partial charge in [-0.3, -0.25) is 15.0 Å². The molecule has 0 unspecified atom stereocenters. The third kappa shape index (κ3) is 11.5. The maximum absolute atomic E-state index is 13.4. The van der Waals surface area contributed by atoms with Crippen molar-refractivity contribution in [2.24, 2.45) is 0 Å². The number of esters is 1. The summed E-state index contributed by atoms with van der Waals surface area (Å²) in [6, 6.07) is 59.7. The van der Waals surface area contributed by atoms with Crippen molar-refractivity contribution in [2.45, 2.75) is 6.92 Å². The van der Waals surface area contributed by atoms with E-state index < -0.39 is 0 Å². The Labute approximate surface area is 490 Å². The van der Waals surface area contributed by atoms with Crippen molar-refractivity contribution < 1.29 is 38.1 Å². The molecule has 2 aliphatic heterocycles. The van der Waals surface area contributed by atoms with Crippen molar-refractivity contribution in [1.82, 2.24) is 44.6 Å². The molecule has 86 heavy (non-hydrogen) atoms. The van der Waals surface area contributed by atoms with Crippen LogP contribution in [0.3, 0.4) is 0 Å². The van der Waals surface area contributed by atoms with Gasteiger partial charge in [0.05, 0.1) is 75.3 Å². The maximum Gasteiger partial charge on any atom is 0.338 e. The number of aromatic amines is 2. The molecule has 418 valence electrons. The highest BCUT2D eigenvalue weighted by atomic mass is 19.1. The van der Waals surface area contributed by atoms with E-state index in [4.69, 9.17) is 49.2 Å². The highest BCUT2D eigenvalue weighted by molar-refractivity contribution is 5.90. The number of imidazole rings is 3. The van der Waals surface area contributed by atoms with Crippen LogP contribution in [0.15, 0.2) is 207 Å². The average molecular weight is 1140 g/mol. The molecule has 0 spiro atoms. The Bertz CT molecular complexity index is 4470. The van der Waals surface area contributed by atoms with Crippen molar-refractivity contribution in [2.75, 3.05) is 20.2 Å². The smallest absolute Gasteiger partial charge is 0.338 e. The molecule has 14 rings (SSSR count). The lowest BCUT2D eigenvalue weighted by Gasteiger charge is -2.06. The summed E-state index contributed by atoms with van der Waals surface area (Å²) >= 11 is 0. The minimum absolute atomic E-state index is 0.177. The number of carbonyl (C=O) groups is 1. The van der Waals surface area contributed by atoms with Gasteiger partial charge in [-0.2, -0.15) is 15.3 Å². The summed E-state index contributed by atoms with van der Waals surface area (Å²) in [4.78, 5) is 46.1. The van der Waals surface area contributed by atoms with E-state index in [0.717, 1.165) is 66.8 Å². The van der Waals surface area contributed by atoms with Gasteiger partial charge in [-0.05, 0) is 165 Å². The summed E-state index contributed by atoms with van der Waals surface area (Å²) in [6.07, 6.45) is 5.12. The van der Waals surface area contributed by atoms with Crippen LogP contribution >= 0.6 is 0 Å². The summed E-state index contributed by atoms with van der Waals surface area (Å²) in [5, 5.41) is 29.0. The first-order valence-electron chi connectivity index (χ1n) is 26.8. The molecule has 18 nitrogen and oxygen atoms in total. The van der Waals surface area contributed by atoms with Crippen LogP contribution in [0.25, 0.3) is 102 Å². The van der Waals surface area contributed by atoms with Gasteiger partial charge in [0.2, 0.25) is 13.6 Å². The molecular formula is C67H46FN11O7. The number of hydrogen-bond donors (Lipinski definition) is 3. The molecule has 0 saturated carbocycles. The number of nitriles is 2. The molecule has 19 heteroatoms. The first-order valence-corrected chi connectivity index (χ1v) is 26.8. The van der Waals surface area contributed by atoms with Gasteiger partial charge in [-0.1, -0.05) is 30.3 Å². The van der Waals surface area contributed by atoms with Crippen LogP contribution in [0, 0.1) is 28.5 Å². The van der Waals surface area contributed by atoms with Gasteiger partial charge in [0.15, 0.2) is 28.8 Å². The third-order valence-electron chi connectivity index (χ3n) is 13.7. The number of nitrogens with one attached hydrogen (secondary N) is 2. The number of aromatic nitrogens is 9. The van der Waals surface area contributed by atoms with Gasteiger partial charge < -0.3 is 38.9 Å². The second-order valence-corrected chi connectivity index (χ2v) is 19.0. The Kier molecular flexibility index (Phi) is 15.5. The largest absolute Gasteiger partial charge is 0.462 e. The number of nitrogens with zero attached hydrogens (tertiary/aromatic N) is 9. The topological polar surface area (TPSA) is 245 Å². The predicted molar refractivity (Wildman–Crippen MR) is 316 cm³/mol. The van der Waals surface area contributed by atoms with E-state index in [1.807, 2.05) is 115 Å². The number of H-pyrrole nitrogens is 2. The minimum atomic E-state index is -0.361. The number of ether oxygens (including phenoxy) is 5. The van der Waals surface area contributed by atoms with E-state index in [1.165, 1.54) is 12.1 Å². The molecule has 2 aliphatic rings. The zero-order chi connectivity index (χ0) is 58.9. The SMILES string of the molecule is CCOC(=O)c1ccc(-c2nc(-c3ccc(F)cc3)c(-c3ccccn3)[nH]2)cc1.N#Cc1ccc(-c2nc(-c3ccc4c(c3)OCO4)c(-c3ccccn3)[nH]2)cc1.N#Cc1ccc(-c2nc(-c3ccc4c(c3)OCO4)c(-c3ccccn3)n2O)cc1. The highest BCUT2D eigenvalue weighted by Gasteiger charge is 2.25. The van der Waals surface area contributed by atoms with Gasteiger partial charge in [-0.25, -0.2) is 24.1 Å². The van der Waals surface area contributed by atoms with E-state index in [2.05, 4.69) is 37.1 Å². The Morgan fingerprint density at radius 1 is 0.535 bits per heavy atom. The molecule has 0 bridgehead atoms. The van der Waals surface area contributed by atoms with Crippen molar-refractivity contribution in [1.29, 1.82) is 10.5 Å². The van der Waals surface area contributed by atoms with Crippen molar-refractivity contribution in [3.05, 3.63) is 229 Å². The van der Waals surface area contributed by atoms with E-state index >= 15 is 0 Å². The van der Waals surface area contributed by atoms with E-state index in [1.54, 1.807) is 86.2 Å². The van der Waals surface area contributed by atoms with Crippen LogP contribution in [0.4, 0.5) is 4.39 Å². The van der Waals surface area contributed by atoms with Gasteiger partial charge in [0, 0.05) is 52.0 Å². The molecule has 6 aromatic heterocycles. The predicted octanol–water partition coefficient (Wildman–Crippen LogP) is 13.6. The quantitative estimate of drug-likeness (QED) is 0.0805. The van der Waals surface area contributed by atoms with Gasteiger partial charge in [0.1, 0.15) is 28.9 Å². The standard InChI is InChI=1S/C23H18FN3O2.C22H14N4O3.C22H14N4O2/c1-2-29-23(28)17-8-6-16(7-9-17)22-26-20(15-10-12-18(24)13-11-15)21(27-22)19-5-3-4-14-25-19;23-12-14-4-6-15(7-5-14)22-25-20(16-8-9-18-19(11-16)29-13-28-18)21(26(22)27)17-3-1-2-10-24-17;23-12-14-4-6-15(7-5-14)22-25-20(21(26-22)17-3-1-2-10-24-17)16-8-9-18-19(11-16)28-13-27-18/h3-14H,2H2,1H3,(H,26,27);1-11,27H,13H2;1-11H,13H2,(H,25,26). The number of halogens is 1. The van der Waals surface area contributed by atoms with E-state index in [9.17, 15) is 14.4 Å². The number of rotatable bonds is 11. The van der Waals surface area contributed by atoms with Crippen LogP contribution in [-0.2, 0) is 4.74 Å². The fraction of sp³-hybridized carbons (Fsp3) is 0.0597. The van der Waals surface area contributed by atoms with Crippen LogP contribution in [-0.4, -0.2) is 76.0 Å². The number of carbonyl (C=O) groups excluding carboxylic acids is 1. The van der Waals surface area contributed by atoms with Crippen LogP contribution in [0.2, 0.25) is 0 Å². The Morgan fingerprint density at radius 2 is 0.977 bits per heavy atom. The summed E-state index contributed by atoms with van der Waals surface area (Å²) in [5.41, 5.74) is 12.6. The summed E-state index contributed by atoms with van der Waals surface area (Å²) in [6.45, 7) is 2.50. The highest BCUT2D eigenvalue weighted by Crippen LogP contribution is 2.42. The first-order chi connectivity index (χ1) is 42.2. The normalized spacial score (nSPS) is 11.5. The lowest BCUT2D eigenvalue weighted by atomic mass is 10.1. The number of hydrogen-bond acceptors (Lipinski definition) is 15. The fourth-order valence-corrected chi connectivity index (χ4v) is 9.43. The van der Waals surface area contributed by atoms with Crippen LogP contribution in [0.5, 0.6) is 23.0 Å². The second-order valence-electron chi connectivity index (χ2n) is 19.0. The lowest BCUT2D eigenvalue weighted by molar-refractivity contribution is 0.0526. The zero-order valence-corrected chi connectivity index (χ0v) is 45.6. The van der Waals surface area contributed by atoms with Crippen molar-refractivity contribution >= 4 is 5.97 Å². The molecule has 0 radical (unpaired) electrons. The van der Waals surface area contributed by atoms with Crippen LogP contribution < -0.4 is 18.9 Å². The fourth-order valence-electron chi connectivity index (χ4n) is 9.43. The Morgan fingerprint density at radius 3 is 1.47 bits per heavy atom. The Balaban J connectivity index is 0.000000126. The number of benzene rings is 6. The summed E-state index contributed by atoms with van der Waals surface area (Å²) < 4.78 is 41.2. The van der Waals surface area contributed by atoms with Crippen molar-refractivity contribution in [3.8, 4) is 137 Å². The molecule has 0 atom stereocenters. The number of pyridine rings is 3. The molecule has 8 heterocycles. The maximum atomic E-state index is 13.4. The Hall–Kier alpha value is -12.2. The molecular weight excluding hydrogens is 1090 g/mol. The lowest BCUT2D eigenvalue weighted by Crippen LogP contribution is -2.04. The van der Waals surface area contributed by atoms with Crippen LogP contribution in [0.1, 0.15) is 28.4 Å². The third-order valence-corrected chi connectivity index (χ3v) is 13.7. The molecule has 6 aromatic carbocycles.